The molecule has 0 amide bonds. The van der Waals surface area contributed by atoms with Gasteiger partial charge in [-0.15, -0.1) is 11.3 Å². The number of imidazole rings is 1. The van der Waals surface area contributed by atoms with Crippen molar-refractivity contribution in [2.24, 2.45) is 0 Å². The molecule has 0 aliphatic heterocycles. The standard InChI is InChI=1S/C10H5ClN2O2S/c11-5-1-2-8-12-6-3-7(10(14)15)16-9(6)13(8)4-5/h1-4H,(H,14,15). The number of carboxylic acids is 1. The van der Waals surface area contributed by atoms with E-state index in [0.29, 0.717) is 10.5 Å². The Hall–Kier alpha value is -1.59. The van der Waals surface area contributed by atoms with Crippen LogP contribution in [0.4, 0.5) is 0 Å². The fourth-order valence-corrected chi connectivity index (χ4v) is 2.65. The van der Waals surface area contributed by atoms with Crippen LogP contribution >= 0.6 is 22.9 Å². The summed E-state index contributed by atoms with van der Waals surface area (Å²) in [7, 11) is 0. The maximum atomic E-state index is 10.8. The quantitative estimate of drug-likeness (QED) is 0.725. The van der Waals surface area contributed by atoms with Crippen molar-refractivity contribution >= 4 is 44.9 Å². The van der Waals surface area contributed by atoms with Crippen molar-refractivity contribution in [2.75, 3.05) is 0 Å². The van der Waals surface area contributed by atoms with E-state index in [1.165, 1.54) is 11.3 Å². The molecule has 0 saturated carbocycles. The molecule has 0 spiro atoms. The number of halogens is 1. The first-order chi connectivity index (χ1) is 7.65. The average Bonchev–Trinajstić information content (AvgIpc) is 2.75. The Morgan fingerprint density at radius 3 is 3.06 bits per heavy atom. The third kappa shape index (κ3) is 1.29. The molecule has 0 bridgehead atoms. The Labute approximate surface area is 98.7 Å². The summed E-state index contributed by atoms with van der Waals surface area (Å²) >= 11 is 7.08. The lowest BCUT2D eigenvalue weighted by atomic mass is 10.4. The summed E-state index contributed by atoms with van der Waals surface area (Å²) in [5, 5.41) is 9.47. The molecule has 6 heteroatoms. The highest BCUT2D eigenvalue weighted by Gasteiger charge is 2.13. The number of hydrogen-bond donors (Lipinski definition) is 1. The van der Waals surface area contributed by atoms with Gasteiger partial charge in [-0.05, 0) is 18.2 Å². The second kappa shape index (κ2) is 3.20. The number of carbonyl (C=O) groups is 1. The Kier molecular flexibility index (Phi) is 1.92. The van der Waals surface area contributed by atoms with Crippen molar-refractivity contribution in [1.82, 2.24) is 9.38 Å². The van der Waals surface area contributed by atoms with Crippen LogP contribution in [0.5, 0.6) is 0 Å². The number of pyridine rings is 1. The summed E-state index contributed by atoms with van der Waals surface area (Å²) < 4.78 is 1.80. The Balaban J connectivity index is 2.40. The van der Waals surface area contributed by atoms with Crippen LogP contribution in [0, 0.1) is 0 Å². The minimum atomic E-state index is -0.932. The largest absolute Gasteiger partial charge is 0.477 e. The number of fused-ring (bicyclic) bond motifs is 3. The van der Waals surface area contributed by atoms with Gasteiger partial charge >= 0.3 is 5.97 Å². The molecule has 3 heterocycles. The van der Waals surface area contributed by atoms with E-state index in [2.05, 4.69) is 4.98 Å². The highest BCUT2D eigenvalue weighted by molar-refractivity contribution is 7.20. The van der Waals surface area contributed by atoms with Gasteiger partial charge in [-0.1, -0.05) is 11.6 Å². The maximum Gasteiger partial charge on any atom is 0.346 e. The topological polar surface area (TPSA) is 54.6 Å². The van der Waals surface area contributed by atoms with E-state index in [9.17, 15) is 4.79 Å². The molecule has 3 aromatic heterocycles. The third-order valence-electron chi connectivity index (χ3n) is 2.25. The number of aromatic nitrogens is 2. The van der Waals surface area contributed by atoms with Gasteiger partial charge in [-0.3, -0.25) is 4.40 Å². The van der Waals surface area contributed by atoms with Gasteiger partial charge in [0.1, 0.15) is 20.9 Å². The first-order valence-electron chi connectivity index (χ1n) is 4.45. The molecule has 16 heavy (non-hydrogen) atoms. The number of hydrogen-bond acceptors (Lipinski definition) is 3. The zero-order valence-corrected chi connectivity index (χ0v) is 9.42. The number of aromatic carboxylic acids is 1. The molecule has 3 aromatic rings. The lowest BCUT2D eigenvalue weighted by molar-refractivity contribution is 0.0702. The summed E-state index contributed by atoms with van der Waals surface area (Å²) in [5.74, 6) is -0.932. The molecule has 0 aliphatic rings. The summed E-state index contributed by atoms with van der Waals surface area (Å²) in [6.45, 7) is 0. The van der Waals surface area contributed by atoms with E-state index in [-0.39, 0.29) is 4.88 Å². The lowest BCUT2D eigenvalue weighted by Crippen LogP contribution is -1.90. The predicted octanol–water partition coefficient (Wildman–Crippen LogP) is 2.90. The van der Waals surface area contributed by atoms with Crippen molar-refractivity contribution in [1.29, 1.82) is 0 Å². The van der Waals surface area contributed by atoms with Crippen LogP contribution < -0.4 is 0 Å². The van der Waals surface area contributed by atoms with Crippen molar-refractivity contribution in [3.63, 3.8) is 0 Å². The van der Waals surface area contributed by atoms with E-state index in [4.69, 9.17) is 16.7 Å². The first-order valence-corrected chi connectivity index (χ1v) is 5.65. The van der Waals surface area contributed by atoms with Gasteiger partial charge < -0.3 is 5.11 Å². The average molecular weight is 253 g/mol. The second-order valence-corrected chi connectivity index (χ2v) is 4.76. The molecule has 0 fully saturated rings. The van der Waals surface area contributed by atoms with Gasteiger partial charge in [0.05, 0.1) is 5.02 Å². The molecular formula is C10H5ClN2O2S. The first kappa shape index (κ1) is 9.62. The van der Waals surface area contributed by atoms with Crippen molar-refractivity contribution in [2.45, 2.75) is 0 Å². The van der Waals surface area contributed by atoms with Crippen molar-refractivity contribution < 1.29 is 9.90 Å². The summed E-state index contributed by atoms with van der Waals surface area (Å²) in [6, 6.07) is 5.13. The van der Waals surface area contributed by atoms with Gasteiger partial charge in [0.2, 0.25) is 0 Å². The number of rotatable bonds is 1. The van der Waals surface area contributed by atoms with E-state index < -0.39 is 5.97 Å². The fourth-order valence-electron chi connectivity index (χ4n) is 1.57. The minimum absolute atomic E-state index is 0.284. The molecule has 0 aromatic carbocycles. The van der Waals surface area contributed by atoms with E-state index in [0.717, 1.165) is 10.5 Å². The molecule has 3 rings (SSSR count). The molecule has 80 valence electrons. The van der Waals surface area contributed by atoms with Gasteiger partial charge in [0, 0.05) is 6.20 Å². The maximum absolute atomic E-state index is 10.8. The van der Waals surface area contributed by atoms with Crippen molar-refractivity contribution in [3.8, 4) is 0 Å². The van der Waals surface area contributed by atoms with E-state index >= 15 is 0 Å². The molecule has 0 saturated heterocycles. The Bertz CT molecular complexity index is 716. The smallest absolute Gasteiger partial charge is 0.346 e. The number of carboxylic acid groups (broad SMARTS) is 1. The zero-order valence-electron chi connectivity index (χ0n) is 7.85. The van der Waals surface area contributed by atoms with E-state index in [1.807, 2.05) is 0 Å². The monoisotopic (exact) mass is 252 g/mol. The molecule has 0 aliphatic carbocycles. The normalized spacial score (nSPS) is 11.3. The summed E-state index contributed by atoms with van der Waals surface area (Å²) in [6.07, 6.45) is 1.73. The molecule has 0 unspecified atom stereocenters. The Morgan fingerprint density at radius 2 is 2.31 bits per heavy atom. The van der Waals surface area contributed by atoms with E-state index in [1.54, 1.807) is 28.8 Å². The van der Waals surface area contributed by atoms with Crippen LogP contribution in [0.15, 0.2) is 24.4 Å². The highest BCUT2D eigenvalue weighted by atomic mass is 35.5. The molecule has 1 N–H and O–H groups in total. The fraction of sp³-hybridized carbons (Fsp3) is 0. The summed E-state index contributed by atoms with van der Waals surface area (Å²) in [4.78, 5) is 16.2. The molecular weight excluding hydrogens is 248 g/mol. The van der Waals surface area contributed by atoms with Crippen LogP contribution in [0.1, 0.15) is 9.67 Å². The SMILES string of the molecule is O=C(O)c1cc2nc3ccc(Cl)cn3c2s1. The molecule has 0 atom stereocenters. The van der Waals surface area contributed by atoms with Gasteiger partial charge in [0.25, 0.3) is 0 Å². The van der Waals surface area contributed by atoms with Crippen LogP contribution in [0.25, 0.3) is 16.0 Å². The van der Waals surface area contributed by atoms with Crippen LogP contribution in [-0.2, 0) is 0 Å². The van der Waals surface area contributed by atoms with Crippen LogP contribution in [0.2, 0.25) is 5.02 Å². The highest BCUT2D eigenvalue weighted by Crippen LogP contribution is 2.27. The zero-order chi connectivity index (χ0) is 11.3. The van der Waals surface area contributed by atoms with Gasteiger partial charge in [-0.25, -0.2) is 9.78 Å². The second-order valence-electron chi connectivity index (χ2n) is 3.29. The van der Waals surface area contributed by atoms with Crippen LogP contribution in [0.3, 0.4) is 0 Å². The lowest BCUT2D eigenvalue weighted by Gasteiger charge is -1.93. The van der Waals surface area contributed by atoms with Gasteiger partial charge in [0.15, 0.2) is 0 Å². The minimum Gasteiger partial charge on any atom is -0.477 e. The summed E-state index contributed by atoms with van der Waals surface area (Å²) in [5.41, 5.74) is 1.45. The molecule has 4 nitrogen and oxygen atoms in total. The number of thiophene rings is 1. The Morgan fingerprint density at radius 1 is 1.50 bits per heavy atom. The van der Waals surface area contributed by atoms with Crippen molar-refractivity contribution in [3.05, 3.63) is 34.3 Å². The number of nitrogens with zero attached hydrogens (tertiary/aromatic N) is 2. The van der Waals surface area contributed by atoms with Gasteiger partial charge in [-0.2, -0.15) is 0 Å². The third-order valence-corrected chi connectivity index (χ3v) is 3.58. The molecule has 0 radical (unpaired) electrons. The van der Waals surface area contributed by atoms with Crippen LogP contribution in [-0.4, -0.2) is 20.5 Å². The predicted molar refractivity (Wildman–Crippen MR) is 62.5 cm³/mol.